The third-order valence-corrected chi connectivity index (χ3v) is 6.48. The van der Waals surface area contributed by atoms with Gasteiger partial charge in [0.15, 0.2) is 0 Å². The van der Waals surface area contributed by atoms with Crippen LogP contribution in [-0.4, -0.2) is 9.97 Å². The molecule has 1 aromatic carbocycles. The summed E-state index contributed by atoms with van der Waals surface area (Å²) in [6.07, 6.45) is 8.20. The number of pyridine rings is 2. The molecule has 0 saturated heterocycles. The van der Waals surface area contributed by atoms with Crippen LogP contribution in [-0.2, 0) is 20.1 Å². The molecule has 2 fully saturated rings. The van der Waals surface area contributed by atoms with Crippen molar-refractivity contribution in [1.82, 2.24) is 9.97 Å². The molecule has 2 bridgehead atoms. The number of fused-ring (bicyclic) bond motifs is 9. The molecule has 0 spiro atoms. The predicted octanol–water partition coefficient (Wildman–Crippen LogP) is 4.50. The molecule has 23 heavy (non-hydrogen) atoms. The minimum atomic E-state index is 0. The topological polar surface area (TPSA) is 25.8 Å². The monoisotopic (exact) mass is 478 g/mol. The Kier molecular flexibility index (Phi) is 2.82. The summed E-state index contributed by atoms with van der Waals surface area (Å²) in [4.78, 5) is 9.25. The van der Waals surface area contributed by atoms with Crippen molar-refractivity contribution in [3.63, 3.8) is 0 Å². The van der Waals surface area contributed by atoms with Crippen molar-refractivity contribution in [2.45, 2.75) is 38.0 Å². The zero-order valence-corrected chi connectivity index (χ0v) is 15.4. The standard InChI is InChI=1S/C20H17N2.Ir/c1-10-12-4-5-15-19-17(9-22-20(15)14(12)6-7-21-10)11-2-3-13-16(8-11)18(13)19;/h4-5,7,9,11,13,16,18H,2-3,8H2,1H3;/q-1;. The summed E-state index contributed by atoms with van der Waals surface area (Å²) < 4.78 is 0. The fourth-order valence-electron chi connectivity index (χ4n) is 5.42. The minimum Gasteiger partial charge on any atom is -0.320 e. The number of nitrogens with zero attached hydrogens (tertiary/aromatic N) is 2. The second kappa shape index (κ2) is 4.61. The maximum Gasteiger partial charge on any atom is 0.0162 e. The van der Waals surface area contributed by atoms with Crippen LogP contribution in [0.1, 0.15) is 47.9 Å². The predicted molar refractivity (Wildman–Crippen MR) is 86.9 cm³/mol. The van der Waals surface area contributed by atoms with Gasteiger partial charge in [-0.05, 0) is 78.4 Å². The summed E-state index contributed by atoms with van der Waals surface area (Å²) >= 11 is 0. The Balaban J connectivity index is 0.00000121. The molecule has 3 heteroatoms. The van der Waals surface area contributed by atoms with E-state index >= 15 is 0 Å². The first-order valence-electron chi connectivity index (χ1n) is 8.41. The average molecular weight is 478 g/mol. The summed E-state index contributed by atoms with van der Waals surface area (Å²) in [6, 6.07) is 7.86. The first-order chi connectivity index (χ1) is 10.8. The molecule has 4 unspecified atom stereocenters. The van der Waals surface area contributed by atoms with Crippen LogP contribution in [0.25, 0.3) is 21.7 Å². The fraction of sp³-hybridized carbons (Fsp3) is 0.400. The van der Waals surface area contributed by atoms with Crippen molar-refractivity contribution in [1.29, 1.82) is 0 Å². The quantitative estimate of drug-likeness (QED) is 0.352. The molecule has 3 aliphatic carbocycles. The first-order valence-corrected chi connectivity index (χ1v) is 8.41. The second-order valence-electron chi connectivity index (χ2n) is 7.36. The van der Waals surface area contributed by atoms with Gasteiger partial charge in [-0.15, -0.1) is 11.5 Å². The van der Waals surface area contributed by atoms with Crippen molar-refractivity contribution in [2.24, 2.45) is 11.8 Å². The molecular formula is C20H17IrN2-. The molecule has 4 atom stereocenters. The van der Waals surface area contributed by atoms with E-state index < -0.39 is 0 Å². The van der Waals surface area contributed by atoms with Gasteiger partial charge >= 0.3 is 0 Å². The Bertz CT molecular complexity index is 961. The van der Waals surface area contributed by atoms with E-state index in [0.717, 1.165) is 40.3 Å². The maximum absolute atomic E-state index is 4.87. The molecule has 2 saturated carbocycles. The maximum atomic E-state index is 4.87. The Morgan fingerprint density at radius 2 is 1.96 bits per heavy atom. The van der Waals surface area contributed by atoms with E-state index in [9.17, 15) is 0 Å². The number of aromatic nitrogens is 2. The van der Waals surface area contributed by atoms with E-state index in [1.807, 2.05) is 0 Å². The molecule has 1 radical (unpaired) electrons. The Labute approximate surface area is 149 Å². The molecule has 117 valence electrons. The van der Waals surface area contributed by atoms with Crippen LogP contribution < -0.4 is 0 Å². The molecule has 2 heterocycles. The molecule has 0 aliphatic heterocycles. The molecule has 2 nitrogen and oxygen atoms in total. The van der Waals surface area contributed by atoms with E-state index in [-0.39, 0.29) is 20.1 Å². The smallest absolute Gasteiger partial charge is 0.0162 e. The van der Waals surface area contributed by atoms with Crippen LogP contribution in [0.4, 0.5) is 0 Å². The number of hydrogen-bond donors (Lipinski definition) is 0. The summed E-state index contributed by atoms with van der Waals surface area (Å²) in [7, 11) is 0. The van der Waals surface area contributed by atoms with E-state index in [1.165, 1.54) is 30.0 Å². The van der Waals surface area contributed by atoms with Gasteiger partial charge in [0.05, 0.1) is 0 Å². The molecule has 3 aromatic rings. The van der Waals surface area contributed by atoms with Gasteiger partial charge in [0.2, 0.25) is 0 Å². The van der Waals surface area contributed by atoms with Gasteiger partial charge in [-0.2, -0.15) is 11.5 Å². The third kappa shape index (κ3) is 1.67. The largest absolute Gasteiger partial charge is 0.320 e. The molecule has 2 aromatic heterocycles. The van der Waals surface area contributed by atoms with Crippen molar-refractivity contribution >= 4 is 21.7 Å². The Morgan fingerprint density at radius 1 is 1.09 bits per heavy atom. The zero-order chi connectivity index (χ0) is 14.4. The number of hydrogen-bond acceptors (Lipinski definition) is 2. The van der Waals surface area contributed by atoms with Gasteiger partial charge in [0.25, 0.3) is 0 Å². The van der Waals surface area contributed by atoms with Gasteiger partial charge < -0.3 is 4.98 Å². The van der Waals surface area contributed by atoms with Crippen molar-refractivity contribution < 1.29 is 20.1 Å². The zero-order valence-electron chi connectivity index (χ0n) is 13.0. The number of benzene rings is 1. The van der Waals surface area contributed by atoms with Crippen LogP contribution in [0.15, 0.2) is 24.5 Å². The van der Waals surface area contributed by atoms with E-state index in [2.05, 4.69) is 36.3 Å². The summed E-state index contributed by atoms with van der Waals surface area (Å²) in [5.41, 5.74) is 5.39. The number of rotatable bonds is 0. The van der Waals surface area contributed by atoms with Crippen LogP contribution >= 0.6 is 0 Å². The summed E-state index contributed by atoms with van der Waals surface area (Å²) in [6.45, 7) is 2.07. The van der Waals surface area contributed by atoms with Gasteiger partial charge in [-0.25, -0.2) is 0 Å². The minimum absolute atomic E-state index is 0. The van der Waals surface area contributed by atoms with Crippen LogP contribution in [0, 0.1) is 24.8 Å². The van der Waals surface area contributed by atoms with Crippen molar-refractivity contribution in [3.8, 4) is 0 Å². The van der Waals surface area contributed by atoms with E-state index in [0.29, 0.717) is 0 Å². The van der Waals surface area contributed by atoms with E-state index in [4.69, 9.17) is 4.98 Å². The average Bonchev–Trinajstić information content (AvgIpc) is 3.30. The third-order valence-electron chi connectivity index (χ3n) is 6.48. The summed E-state index contributed by atoms with van der Waals surface area (Å²) in [5.74, 6) is 3.52. The van der Waals surface area contributed by atoms with Crippen LogP contribution in [0.3, 0.4) is 0 Å². The Hall–Kier alpha value is -1.31. The molecular weight excluding hydrogens is 460 g/mol. The van der Waals surface area contributed by atoms with Gasteiger partial charge in [0, 0.05) is 26.3 Å². The SMILES string of the molecule is Cc1nc[c-]c2c1ccc1c3c(cnc12)C1CCC2C(C1)C32.[Ir]. The van der Waals surface area contributed by atoms with Crippen LogP contribution in [0.2, 0.25) is 0 Å². The first kappa shape index (κ1) is 14.1. The molecule has 3 aliphatic rings. The molecule has 0 N–H and O–H groups in total. The van der Waals surface area contributed by atoms with Crippen molar-refractivity contribution in [2.75, 3.05) is 0 Å². The van der Waals surface area contributed by atoms with Gasteiger partial charge in [-0.3, -0.25) is 4.98 Å². The van der Waals surface area contributed by atoms with Crippen LogP contribution in [0.5, 0.6) is 0 Å². The summed E-state index contributed by atoms with van der Waals surface area (Å²) in [5, 5.41) is 3.72. The molecule has 6 rings (SSSR count). The van der Waals surface area contributed by atoms with E-state index in [1.54, 1.807) is 17.3 Å². The molecule has 0 amide bonds. The van der Waals surface area contributed by atoms with Gasteiger partial charge in [0.1, 0.15) is 0 Å². The van der Waals surface area contributed by atoms with Crippen molar-refractivity contribution in [3.05, 3.63) is 47.4 Å². The number of aryl methyl sites for hydroxylation is 1. The van der Waals surface area contributed by atoms with Gasteiger partial charge in [-0.1, -0.05) is 11.5 Å². The Morgan fingerprint density at radius 3 is 2.87 bits per heavy atom. The normalized spacial score (nSPS) is 30.0. The fourth-order valence-corrected chi connectivity index (χ4v) is 5.42. The second-order valence-corrected chi connectivity index (χ2v) is 7.36.